The maximum Gasteiger partial charge on any atom is 0.255 e. The van der Waals surface area contributed by atoms with Gasteiger partial charge in [0, 0.05) is 51.0 Å². The third kappa shape index (κ3) is 4.49. The molecule has 0 spiro atoms. The molecule has 1 unspecified atom stereocenters. The van der Waals surface area contributed by atoms with Crippen LogP contribution in [0.1, 0.15) is 59.2 Å². The van der Waals surface area contributed by atoms with Crippen LogP contribution in [0.5, 0.6) is 5.75 Å². The first-order valence-corrected chi connectivity index (χ1v) is 12.2. The maximum atomic E-state index is 12.6. The molecule has 1 amide bonds. The molecule has 2 aromatic rings. The Labute approximate surface area is 194 Å². The molecule has 3 aliphatic rings. The minimum absolute atomic E-state index is 0. The van der Waals surface area contributed by atoms with E-state index in [9.17, 15) is 4.79 Å². The number of hydrogen-bond donors (Lipinski definition) is 1. The van der Waals surface area contributed by atoms with Crippen LogP contribution in [-0.4, -0.2) is 48.6 Å². The Morgan fingerprint density at radius 3 is 2.25 bits per heavy atom. The van der Waals surface area contributed by atoms with Gasteiger partial charge >= 0.3 is 0 Å². The zero-order valence-electron chi connectivity index (χ0n) is 19.3. The molecule has 1 atom stereocenters. The van der Waals surface area contributed by atoms with Gasteiger partial charge in [0.05, 0.1) is 6.61 Å². The standard InChI is InChI=1S/C27H35N3O2.2H2/c1-19(2)18-32-26-13-3-20(4-14-26)27(31)28-21-5-7-22(8-6-21)29-16-15-25(17-29)30-23-9-10-24(30)12-11-23;;/h3-8,13-14,19,23-25H,9-12,15-18H2,1-2H3,(H,28,31);2*1H. The lowest BCUT2D eigenvalue weighted by Gasteiger charge is -2.29. The number of hydrogen-bond acceptors (Lipinski definition) is 4. The van der Waals surface area contributed by atoms with Crippen molar-refractivity contribution in [2.24, 2.45) is 5.92 Å². The average Bonchev–Trinajstić information content (AvgIpc) is 3.54. The average molecular weight is 438 g/mol. The van der Waals surface area contributed by atoms with Gasteiger partial charge in [-0.1, -0.05) is 13.8 Å². The summed E-state index contributed by atoms with van der Waals surface area (Å²) in [6.07, 6.45) is 6.89. The van der Waals surface area contributed by atoms with Gasteiger partial charge in [-0.05, 0) is 86.6 Å². The van der Waals surface area contributed by atoms with Crippen LogP contribution in [0.2, 0.25) is 0 Å². The van der Waals surface area contributed by atoms with E-state index in [1.807, 2.05) is 36.4 Å². The Morgan fingerprint density at radius 1 is 0.969 bits per heavy atom. The lowest BCUT2D eigenvalue weighted by atomic mass is 10.0. The number of fused-ring (bicyclic) bond motifs is 2. The first-order valence-electron chi connectivity index (χ1n) is 12.2. The van der Waals surface area contributed by atoms with E-state index in [4.69, 9.17) is 4.74 Å². The van der Waals surface area contributed by atoms with Gasteiger partial charge in [-0.2, -0.15) is 0 Å². The highest BCUT2D eigenvalue weighted by molar-refractivity contribution is 6.04. The fourth-order valence-electron chi connectivity index (χ4n) is 5.69. The normalized spacial score (nSPS) is 25.0. The minimum atomic E-state index is -0.0982. The molecule has 0 radical (unpaired) electrons. The summed E-state index contributed by atoms with van der Waals surface area (Å²) in [5.74, 6) is 1.17. The molecule has 5 rings (SSSR count). The van der Waals surface area contributed by atoms with Gasteiger partial charge in [0.25, 0.3) is 5.91 Å². The predicted molar refractivity (Wildman–Crippen MR) is 134 cm³/mol. The van der Waals surface area contributed by atoms with Crippen molar-refractivity contribution in [1.82, 2.24) is 4.90 Å². The van der Waals surface area contributed by atoms with Crippen LogP contribution in [-0.2, 0) is 0 Å². The first-order chi connectivity index (χ1) is 15.6. The van der Waals surface area contributed by atoms with Crippen LogP contribution >= 0.6 is 0 Å². The Kier molecular flexibility index (Phi) is 6.09. The second kappa shape index (κ2) is 9.14. The summed E-state index contributed by atoms with van der Waals surface area (Å²) in [5.41, 5.74) is 2.71. The summed E-state index contributed by atoms with van der Waals surface area (Å²) in [7, 11) is 0. The van der Waals surface area contributed by atoms with Crippen molar-refractivity contribution < 1.29 is 12.4 Å². The van der Waals surface area contributed by atoms with Gasteiger partial charge in [0.2, 0.25) is 0 Å². The molecule has 2 aromatic carbocycles. The monoisotopic (exact) mass is 437 g/mol. The molecule has 5 heteroatoms. The zero-order chi connectivity index (χ0) is 22.1. The number of rotatable bonds is 7. The molecule has 0 aromatic heterocycles. The first kappa shape index (κ1) is 21.3. The van der Waals surface area contributed by atoms with Gasteiger partial charge < -0.3 is 15.0 Å². The summed E-state index contributed by atoms with van der Waals surface area (Å²) in [6.45, 7) is 7.16. The van der Waals surface area contributed by atoms with Crippen molar-refractivity contribution in [2.75, 3.05) is 29.9 Å². The number of anilines is 2. The van der Waals surface area contributed by atoms with Gasteiger partial charge in [-0.3, -0.25) is 9.69 Å². The zero-order valence-corrected chi connectivity index (χ0v) is 19.3. The number of carbonyl (C=O) groups excluding carboxylic acids is 1. The van der Waals surface area contributed by atoms with Crippen LogP contribution < -0.4 is 15.0 Å². The predicted octanol–water partition coefficient (Wildman–Crippen LogP) is 5.67. The highest BCUT2D eigenvalue weighted by atomic mass is 16.5. The second-order valence-electron chi connectivity index (χ2n) is 10.0. The third-order valence-electron chi connectivity index (χ3n) is 7.28. The Hall–Kier alpha value is -2.53. The molecular formula is C27H39N3O2. The van der Waals surface area contributed by atoms with E-state index in [0.29, 0.717) is 24.1 Å². The summed E-state index contributed by atoms with van der Waals surface area (Å²) in [6, 6.07) is 18.1. The van der Waals surface area contributed by atoms with Crippen molar-refractivity contribution >= 4 is 17.3 Å². The van der Waals surface area contributed by atoms with Crippen molar-refractivity contribution in [2.45, 2.75) is 64.1 Å². The SMILES string of the molecule is CC(C)COc1ccc(C(=O)Nc2ccc(N3CCC(N4C5CCC4CC5)C3)cc2)cc1.[HH].[HH]. The fraction of sp³-hybridized carbons (Fsp3) is 0.519. The summed E-state index contributed by atoms with van der Waals surface area (Å²) in [4.78, 5) is 18.0. The molecule has 2 bridgehead atoms. The van der Waals surface area contributed by atoms with Crippen LogP contribution in [0.15, 0.2) is 48.5 Å². The molecule has 174 valence electrons. The number of nitrogens with zero attached hydrogens (tertiary/aromatic N) is 2. The van der Waals surface area contributed by atoms with Crippen LogP contribution in [0.4, 0.5) is 11.4 Å². The molecule has 5 nitrogen and oxygen atoms in total. The second-order valence-corrected chi connectivity index (χ2v) is 10.0. The molecule has 3 heterocycles. The summed E-state index contributed by atoms with van der Waals surface area (Å²) < 4.78 is 5.70. The van der Waals surface area contributed by atoms with Crippen molar-refractivity contribution in [3.05, 3.63) is 54.1 Å². The van der Waals surface area contributed by atoms with Crippen molar-refractivity contribution in [3.8, 4) is 5.75 Å². The van der Waals surface area contributed by atoms with Gasteiger partial charge in [0.1, 0.15) is 5.75 Å². The number of ether oxygens (including phenoxy) is 1. The summed E-state index contributed by atoms with van der Waals surface area (Å²) in [5, 5.41) is 3.01. The number of carbonyl (C=O) groups is 1. The lowest BCUT2D eigenvalue weighted by Crippen LogP contribution is -2.40. The number of benzene rings is 2. The highest BCUT2D eigenvalue weighted by Gasteiger charge is 2.44. The molecular weight excluding hydrogens is 398 g/mol. The van der Waals surface area contributed by atoms with E-state index in [0.717, 1.165) is 36.6 Å². The van der Waals surface area contributed by atoms with Crippen LogP contribution in [0.25, 0.3) is 0 Å². The Balaban J connectivity index is 0.00000162. The number of nitrogens with one attached hydrogen (secondary N) is 1. The van der Waals surface area contributed by atoms with Gasteiger partial charge in [0.15, 0.2) is 0 Å². The molecule has 3 fully saturated rings. The van der Waals surface area contributed by atoms with E-state index in [1.54, 1.807) is 0 Å². The lowest BCUT2D eigenvalue weighted by molar-refractivity contribution is 0.102. The van der Waals surface area contributed by atoms with Crippen molar-refractivity contribution in [1.29, 1.82) is 0 Å². The van der Waals surface area contributed by atoms with Crippen LogP contribution in [0, 0.1) is 5.92 Å². The topological polar surface area (TPSA) is 44.8 Å². The molecule has 32 heavy (non-hydrogen) atoms. The van der Waals surface area contributed by atoms with E-state index in [-0.39, 0.29) is 8.76 Å². The van der Waals surface area contributed by atoms with Gasteiger partial charge in [-0.15, -0.1) is 0 Å². The molecule has 3 aliphatic heterocycles. The van der Waals surface area contributed by atoms with E-state index >= 15 is 0 Å². The Morgan fingerprint density at radius 2 is 1.62 bits per heavy atom. The largest absolute Gasteiger partial charge is 0.493 e. The van der Waals surface area contributed by atoms with E-state index in [1.165, 1.54) is 37.8 Å². The van der Waals surface area contributed by atoms with Crippen molar-refractivity contribution in [3.63, 3.8) is 0 Å². The smallest absolute Gasteiger partial charge is 0.255 e. The van der Waals surface area contributed by atoms with Gasteiger partial charge in [-0.25, -0.2) is 0 Å². The molecule has 0 saturated carbocycles. The molecule has 1 N–H and O–H groups in total. The fourth-order valence-corrected chi connectivity index (χ4v) is 5.69. The highest BCUT2D eigenvalue weighted by Crippen LogP contribution is 2.41. The Bertz CT molecular complexity index is 916. The number of amides is 1. The van der Waals surface area contributed by atoms with E-state index in [2.05, 4.69) is 41.1 Å². The van der Waals surface area contributed by atoms with E-state index < -0.39 is 0 Å². The molecule has 3 saturated heterocycles. The minimum Gasteiger partial charge on any atom is -0.493 e. The molecule has 0 aliphatic carbocycles. The maximum absolute atomic E-state index is 12.6. The quantitative estimate of drug-likeness (QED) is 0.606. The summed E-state index contributed by atoms with van der Waals surface area (Å²) >= 11 is 0. The van der Waals surface area contributed by atoms with Crippen LogP contribution in [0.3, 0.4) is 0 Å². The third-order valence-corrected chi connectivity index (χ3v) is 7.28.